The minimum absolute atomic E-state index is 0.0570. The number of nitrogens with zero attached hydrogens (tertiary/aromatic N) is 3. The van der Waals surface area contributed by atoms with Crippen molar-refractivity contribution < 1.29 is 9.59 Å². The normalized spacial score (nSPS) is 11.1. The highest BCUT2D eigenvalue weighted by molar-refractivity contribution is 6.31. The van der Waals surface area contributed by atoms with Gasteiger partial charge >= 0.3 is 0 Å². The lowest BCUT2D eigenvalue weighted by molar-refractivity contribution is -0.116. The largest absolute Gasteiger partial charge is 0.348 e. The van der Waals surface area contributed by atoms with Gasteiger partial charge in [-0.2, -0.15) is 0 Å². The Bertz CT molecular complexity index is 1010. The number of hydrogen-bond acceptors (Lipinski definition) is 3. The van der Waals surface area contributed by atoms with Gasteiger partial charge in [-0.1, -0.05) is 29.8 Å². The molecule has 2 heterocycles. The van der Waals surface area contributed by atoms with Gasteiger partial charge in [0.05, 0.1) is 5.69 Å². The standard InChI is InChI=1S/C20H19ClN4O2/c1-24(2)20(27)15-8-6-14(7-9-15)13-22-18(26)11-10-16-19(21)23-17-5-3-4-12-25(16)17/h3-12H,13H2,1-2H3,(H,22,26)/b11-10+. The zero-order valence-corrected chi connectivity index (χ0v) is 15.8. The zero-order chi connectivity index (χ0) is 19.4. The van der Waals surface area contributed by atoms with Crippen LogP contribution in [0.25, 0.3) is 11.7 Å². The van der Waals surface area contributed by atoms with Crippen molar-refractivity contribution in [1.82, 2.24) is 19.6 Å². The third-order valence-electron chi connectivity index (χ3n) is 3.99. The summed E-state index contributed by atoms with van der Waals surface area (Å²) in [4.78, 5) is 29.7. The van der Waals surface area contributed by atoms with Crippen LogP contribution in [0.4, 0.5) is 0 Å². The second kappa shape index (κ2) is 8.05. The molecule has 0 radical (unpaired) electrons. The van der Waals surface area contributed by atoms with Gasteiger partial charge in [0.25, 0.3) is 5.91 Å². The molecule has 27 heavy (non-hydrogen) atoms. The molecule has 3 rings (SSSR count). The summed E-state index contributed by atoms with van der Waals surface area (Å²) >= 11 is 6.14. The quantitative estimate of drug-likeness (QED) is 0.690. The van der Waals surface area contributed by atoms with Gasteiger partial charge in [0.1, 0.15) is 5.65 Å². The highest BCUT2D eigenvalue weighted by Gasteiger charge is 2.08. The molecule has 0 aliphatic heterocycles. The summed E-state index contributed by atoms with van der Waals surface area (Å²) in [5.41, 5.74) is 2.88. The Morgan fingerprint density at radius 2 is 1.93 bits per heavy atom. The van der Waals surface area contributed by atoms with Gasteiger partial charge < -0.3 is 10.2 Å². The molecule has 2 amide bonds. The Balaban J connectivity index is 1.62. The molecule has 0 bridgehead atoms. The molecule has 0 spiro atoms. The first-order chi connectivity index (χ1) is 13.0. The predicted octanol–water partition coefficient (Wildman–Crippen LogP) is 3.02. The number of hydrogen-bond donors (Lipinski definition) is 1. The lowest BCUT2D eigenvalue weighted by Crippen LogP contribution is -2.22. The predicted molar refractivity (Wildman–Crippen MR) is 106 cm³/mol. The molecule has 1 N–H and O–H groups in total. The van der Waals surface area contributed by atoms with Crippen LogP contribution in [-0.4, -0.2) is 40.2 Å². The van der Waals surface area contributed by atoms with Crippen molar-refractivity contribution in [2.24, 2.45) is 0 Å². The second-order valence-corrected chi connectivity index (χ2v) is 6.52. The van der Waals surface area contributed by atoms with Crippen LogP contribution in [0.5, 0.6) is 0 Å². The first kappa shape index (κ1) is 18.7. The highest BCUT2D eigenvalue weighted by atomic mass is 35.5. The van der Waals surface area contributed by atoms with Crippen LogP contribution in [0, 0.1) is 0 Å². The van der Waals surface area contributed by atoms with Gasteiger partial charge in [0, 0.05) is 38.5 Å². The van der Waals surface area contributed by atoms with E-state index in [0.717, 1.165) is 11.2 Å². The summed E-state index contributed by atoms with van der Waals surface area (Å²) in [6.45, 7) is 0.362. The molecular weight excluding hydrogens is 364 g/mol. The molecule has 0 aliphatic carbocycles. The molecule has 1 aromatic carbocycles. The zero-order valence-electron chi connectivity index (χ0n) is 15.0. The number of fused-ring (bicyclic) bond motifs is 1. The summed E-state index contributed by atoms with van der Waals surface area (Å²) in [5, 5.41) is 3.15. The maximum atomic E-state index is 12.1. The fraction of sp³-hybridized carbons (Fsp3) is 0.150. The number of rotatable bonds is 5. The van der Waals surface area contributed by atoms with Crippen LogP contribution in [0.15, 0.2) is 54.7 Å². The Kier molecular flexibility index (Phi) is 5.57. The minimum atomic E-state index is -0.245. The van der Waals surface area contributed by atoms with E-state index in [4.69, 9.17) is 11.6 Å². The lowest BCUT2D eigenvalue weighted by Gasteiger charge is -2.10. The van der Waals surface area contributed by atoms with Gasteiger partial charge in [-0.05, 0) is 35.9 Å². The van der Waals surface area contributed by atoms with E-state index in [0.29, 0.717) is 23.0 Å². The molecule has 0 fully saturated rings. The Labute approximate surface area is 162 Å². The monoisotopic (exact) mass is 382 g/mol. The summed E-state index contributed by atoms with van der Waals surface area (Å²) in [7, 11) is 3.41. The molecular formula is C20H19ClN4O2. The van der Waals surface area contributed by atoms with E-state index >= 15 is 0 Å². The summed E-state index contributed by atoms with van der Waals surface area (Å²) in [6, 6.07) is 12.7. The Morgan fingerprint density at radius 1 is 1.19 bits per heavy atom. The molecule has 138 valence electrons. The highest BCUT2D eigenvalue weighted by Crippen LogP contribution is 2.18. The van der Waals surface area contributed by atoms with Gasteiger partial charge in [-0.3, -0.25) is 14.0 Å². The smallest absolute Gasteiger partial charge is 0.253 e. The average molecular weight is 383 g/mol. The number of imidazole rings is 1. The van der Waals surface area contributed by atoms with Crippen molar-refractivity contribution >= 4 is 35.1 Å². The first-order valence-corrected chi connectivity index (χ1v) is 8.72. The van der Waals surface area contributed by atoms with E-state index in [1.165, 1.54) is 11.0 Å². The van der Waals surface area contributed by atoms with E-state index in [9.17, 15) is 9.59 Å². The molecule has 7 heteroatoms. The van der Waals surface area contributed by atoms with Crippen molar-refractivity contribution in [2.45, 2.75) is 6.54 Å². The summed E-state index contributed by atoms with van der Waals surface area (Å²) in [6.07, 6.45) is 4.89. The van der Waals surface area contributed by atoms with E-state index in [1.807, 2.05) is 40.9 Å². The van der Waals surface area contributed by atoms with Crippen molar-refractivity contribution in [3.63, 3.8) is 0 Å². The number of halogens is 1. The van der Waals surface area contributed by atoms with E-state index in [-0.39, 0.29) is 11.8 Å². The van der Waals surface area contributed by atoms with Crippen molar-refractivity contribution in [1.29, 1.82) is 0 Å². The number of aromatic nitrogens is 2. The van der Waals surface area contributed by atoms with Gasteiger partial charge in [0.2, 0.25) is 5.91 Å². The van der Waals surface area contributed by atoms with Crippen molar-refractivity contribution in [3.8, 4) is 0 Å². The number of benzene rings is 1. The minimum Gasteiger partial charge on any atom is -0.348 e. The molecule has 6 nitrogen and oxygen atoms in total. The summed E-state index contributed by atoms with van der Waals surface area (Å²) < 4.78 is 1.81. The van der Waals surface area contributed by atoms with E-state index < -0.39 is 0 Å². The molecule has 0 saturated heterocycles. The molecule has 0 atom stereocenters. The topological polar surface area (TPSA) is 66.7 Å². The van der Waals surface area contributed by atoms with Gasteiger partial charge in [-0.15, -0.1) is 0 Å². The Morgan fingerprint density at radius 3 is 2.63 bits per heavy atom. The van der Waals surface area contributed by atoms with E-state index in [2.05, 4.69) is 10.3 Å². The molecule has 0 aliphatic rings. The fourth-order valence-corrected chi connectivity index (χ4v) is 2.80. The van der Waals surface area contributed by atoms with Crippen molar-refractivity contribution in [2.75, 3.05) is 14.1 Å². The van der Waals surface area contributed by atoms with Crippen LogP contribution < -0.4 is 5.32 Å². The fourth-order valence-electron chi connectivity index (χ4n) is 2.56. The Hall–Kier alpha value is -3.12. The van der Waals surface area contributed by atoms with Crippen LogP contribution in [-0.2, 0) is 11.3 Å². The SMILES string of the molecule is CN(C)C(=O)c1ccc(CNC(=O)/C=C/c2c(Cl)nc3ccccn23)cc1. The molecule has 0 saturated carbocycles. The molecule has 3 aromatic rings. The van der Waals surface area contributed by atoms with E-state index in [1.54, 1.807) is 32.3 Å². The third-order valence-corrected chi connectivity index (χ3v) is 4.27. The van der Waals surface area contributed by atoms with Gasteiger partial charge in [0.15, 0.2) is 5.15 Å². The maximum Gasteiger partial charge on any atom is 0.253 e. The number of carbonyl (C=O) groups excluding carboxylic acids is 2. The van der Waals surface area contributed by atoms with Crippen molar-refractivity contribution in [3.05, 3.63) is 76.7 Å². The van der Waals surface area contributed by atoms with Gasteiger partial charge in [-0.25, -0.2) is 4.98 Å². The maximum absolute atomic E-state index is 12.1. The van der Waals surface area contributed by atoms with Crippen LogP contribution in [0.3, 0.4) is 0 Å². The number of carbonyl (C=O) groups is 2. The third kappa shape index (κ3) is 4.35. The number of amides is 2. The first-order valence-electron chi connectivity index (χ1n) is 8.35. The molecule has 2 aromatic heterocycles. The summed E-state index contributed by atoms with van der Waals surface area (Å²) in [5.74, 6) is -0.302. The number of nitrogens with one attached hydrogen (secondary N) is 1. The second-order valence-electron chi connectivity index (χ2n) is 6.16. The van der Waals surface area contributed by atoms with Crippen LogP contribution in [0.2, 0.25) is 5.15 Å². The molecule has 0 unspecified atom stereocenters. The van der Waals surface area contributed by atoms with Crippen LogP contribution in [0.1, 0.15) is 21.6 Å². The lowest BCUT2D eigenvalue weighted by atomic mass is 10.1. The van der Waals surface area contributed by atoms with Crippen LogP contribution >= 0.6 is 11.6 Å². The number of pyridine rings is 1. The average Bonchev–Trinajstić information content (AvgIpc) is 2.99.